The van der Waals surface area contributed by atoms with Crippen molar-refractivity contribution in [3.8, 4) is 0 Å². The monoisotopic (exact) mass is 505 g/mol. The van der Waals surface area contributed by atoms with Crippen LogP contribution in [-0.2, 0) is 26.2 Å². The Bertz CT molecular complexity index is 996. The van der Waals surface area contributed by atoms with Gasteiger partial charge in [0.25, 0.3) is 0 Å². The standard InChI is InChI=1S/3C9H7.2ClH.Zr/c3*1-2-5-9-7-3-6-8(9)4-1;;;/h3*1-7H;2*1H;/q3*-1;;;+2/p-2. The van der Waals surface area contributed by atoms with Crippen LogP contribution >= 0.6 is 0 Å². The summed E-state index contributed by atoms with van der Waals surface area (Å²) in [5.74, 6) is 0. The molecule has 3 heteroatoms. The fraction of sp³-hybridized carbons (Fsp3) is 0. The fourth-order valence-corrected chi connectivity index (χ4v) is 3.21. The molecule has 6 aromatic rings. The minimum Gasteiger partial charge on any atom is -1.00 e. The van der Waals surface area contributed by atoms with E-state index >= 15 is 0 Å². The predicted octanol–water partition coefficient (Wildman–Crippen LogP) is 1.68. The molecule has 0 unspecified atom stereocenters. The van der Waals surface area contributed by atoms with Crippen LogP contribution in [0.4, 0.5) is 0 Å². The van der Waals surface area contributed by atoms with Crippen molar-refractivity contribution in [1.29, 1.82) is 0 Å². The van der Waals surface area contributed by atoms with Gasteiger partial charge in [-0.1, -0.05) is 18.2 Å². The summed E-state index contributed by atoms with van der Waals surface area (Å²) in [6.07, 6.45) is 0. The number of halogens is 2. The van der Waals surface area contributed by atoms with Gasteiger partial charge in [-0.25, -0.2) is 0 Å². The number of fused-ring (bicyclic) bond motifs is 3. The first-order valence-corrected chi connectivity index (χ1v) is 9.21. The first-order chi connectivity index (χ1) is 13.4. The summed E-state index contributed by atoms with van der Waals surface area (Å²) in [6, 6.07) is 44.0. The first-order valence-electron chi connectivity index (χ1n) is 9.21. The van der Waals surface area contributed by atoms with E-state index in [1.54, 1.807) is 0 Å². The summed E-state index contributed by atoms with van der Waals surface area (Å²) in [6.45, 7) is 0. The van der Waals surface area contributed by atoms with Gasteiger partial charge in [-0.2, -0.15) is 52.6 Å². The normalized spacial score (nSPS) is 9.20. The van der Waals surface area contributed by atoms with E-state index in [1.165, 1.54) is 32.3 Å². The molecule has 30 heavy (non-hydrogen) atoms. The summed E-state index contributed by atoms with van der Waals surface area (Å²) in [5, 5.41) is 7.99. The summed E-state index contributed by atoms with van der Waals surface area (Å²) in [4.78, 5) is 0. The molecule has 0 aliphatic rings. The van der Waals surface area contributed by atoms with E-state index in [1.807, 2.05) is 0 Å². The average molecular weight is 508 g/mol. The molecule has 6 aromatic carbocycles. The molecule has 150 valence electrons. The van der Waals surface area contributed by atoms with E-state index in [0.717, 1.165) is 0 Å². The van der Waals surface area contributed by atoms with Gasteiger partial charge in [-0.05, 0) is 0 Å². The second-order valence-corrected chi connectivity index (χ2v) is 6.46. The van der Waals surface area contributed by atoms with E-state index < -0.39 is 0 Å². The van der Waals surface area contributed by atoms with Gasteiger partial charge < -0.3 is 24.8 Å². The Morgan fingerprint density at radius 3 is 0.900 bits per heavy atom. The van der Waals surface area contributed by atoms with Crippen LogP contribution in [0.25, 0.3) is 32.3 Å². The zero-order valence-electron chi connectivity index (χ0n) is 16.4. The Labute approximate surface area is 209 Å². The quantitative estimate of drug-likeness (QED) is 0.275. The average Bonchev–Trinajstić information content (AvgIpc) is 3.48. The minimum atomic E-state index is 0. The molecule has 0 aromatic heterocycles. The van der Waals surface area contributed by atoms with Gasteiger partial charge in [-0.3, -0.25) is 0 Å². The molecular weight excluding hydrogens is 486 g/mol. The van der Waals surface area contributed by atoms with Gasteiger partial charge in [-0.15, -0.1) is 89.0 Å². The molecule has 0 aliphatic heterocycles. The van der Waals surface area contributed by atoms with Gasteiger partial charge in [0.2, 0.25) is 0 Å². The maximum Gasteiger partial charge on any atom is 2.00 e. The number of hydrogen-bond donors (Lipinski definition) is 0. The smallest absolute Gasteiger partial charge is 1.00 e. The summed E-state index contributed by atoms with van der Waals surface area (Å²) >= 11 is 0. The van der Waals surface area contributed by atoms with E-state index in [2.05, 4.69) is 127 Å². The van der Waals surface area contributed by atoms with Crippen molar-refractivity contribution < 1.29 is 51.0 Å². The molecule has 6 rings (SSSR count). The topological polar surface area (TPSA) is 0 Å². The van der Waals surface area contributed by atoms with Gasteiger partial charge in [0.05, 0.1) is 0 Å². The maximum absolute atomic E-state index is 2.12. The summed E-state index contributed by atoms with van der Waals surface area (Å²) in [5.41, 5.74) is 0. The van der Waals surface area contributed by atoms with Crippen molar-refractivity contribution in [2.24, 2.45) is 0 Å². The molecule has 0 aliphatic carbocycles. The number of rotatable bonds is 0. The third-order valence-electron chi connectivity index (χ3n) is 4.64. The Kier molecular flexibility index (Phi) is 11.5. The van der Waals surface area contributed by atoms with Crippen LogP contribution in [0.5, 0.6) is 0 Å². The van der Waals surface area contributed by atoms with Crippen molar-refractivity contribution in [1.82, 2.24) is 0 Å². The van der Waals surface area contributed by atoms with Gasteiger partial charge in [0, 0.05) is 0 Å². The van der Waals surface area contributed by atoms with Crippen LogP contribution in [-0.4, -0.2) is 0 Å². The van der Waals surface area contributed by atoms with Crippen LogP contribution < -0.4 is 24.8 Å². The SMILES string of the molecule is [Cl-].[Cl-].[Zr+2].c1ccc2[cH-]ccc2c1.c1ccc2[cH-]ccc2c1.c1ccc2[cH-]ccc2c1. The minimum absolute atomic E-state index is 0. The van der Waals surface area contributed by atoms with Crippen LogP contribution in [0.15, 0.2) is 127 Å². The molecule has 0 N–H and O–H groups in total. The fourth-order valence-electron chi connectivity index (χ4n) is 3.21. The molecular formula is C27H21Cl2Zr-3. The molecule has 0 nitrogen and oxygen atoms in total. The van der Waals surface area contributed by atoms with E-state index in [-0.39, 0.29) is 51.0 Å². The van der Waals surface area contributed by atoms with Crippen LogP contribution in [0.2, 0.25) is 0 Å². The third kappa shape index (κ3) is 6.74. The molecule has 0 atom stereocenters. The molecule has 0 spiro atoms. The van der Waals surface area contributed by atoms with Crippen LogP contribution in [0.3, 0.4) is 0 Å². The summed E-state index contributed by atoms with van der Waals surface area (Å²) in [7, 11) is 0. The van der Waals surface area contributed by atoms with E-state index in [9.17, 15) is 0 Å². The molecule has 0 bridgehead atoms. The van der Waals surface area contributed by atoms with Gasteiger partial charge >= 0.3 is 26.2 Å². The van der Waals surface area contributed by atoms with Crippen LogP contribution in [0, 0.1) is 0 Å². The molecule has 0 amide bonds. The number of hydrogen-bond acceptors (Lipinski definition) is 0. The molecule has 0 heterocycles. The largest absolute Gasteiger partial charge is 2.00 e. The van der Waals surface area contributed by atoms with E-state index in [0.29, 0.717) is 0 Å². The first kappa shape index (κ1) is 26.0. The molecule has 0 fully saturated rings. The number of benzene rings is 3. The van der Waals surface area contributed by atoms with Crippen molar-refractivity contribution in [3.05, 3.63) is 127 Å². The summed E-state index contributed by atoms with van der Waals surface area (Å²) < 4.78 is 0. The zero-order chi connectivity index (χ0) is 18.3. The predicted molar refractivity (Wildman–Crippen MR) is 119 cm³/mol. The third-order valence-corrected chi connectivity index (χ3v) is 4.64. The second-order valence-electron chi connectivity index (χ2n) is 6.46. The Hall–Kier alpha value is -2.05. The maximum atomic E-state index is 2.12. The van der Waals surface area contributed by atoms with Crippen LogP contribution in [0.1, 0.15) is 0 Å². The molecule has 0 saturated carbocycles. The van der Waals surface area contributed by atoms with Crippen molar-refractivity contribution in [2.75, 3.05) is 0 Å². The van der Waals surface area contributed by atoms with Crippen molar-refractivity contribution >= 4 is 32.3 Å². The van der Waals surface area contributed by atoms with E-state index in [4.69, 9.17) is 0 Å². The second kappa shape index (κ2) is 13.3. The van der Waals surface area contributed by atoms with Crippen molar-refractivity contribution in [3.63, 3.8) is 0 Å². The Balaban J connectivity index is 0.000000214. The van der Waals surface area contributed by atoms with Gasteiger partial charge in [0.1, 0.15) is 0 Å². The Morgan fingerprint density at radius 1 is 0.367 bits per heavy atom. The zero-order valence-corrected chi connectivity index (χ0v) is 20.4. The Morgan fingerprint density at radius 2 is 0.633 bits per heavy atom. The van der Waals surface area contributed by atoms with Gasteiger partial charge in [0.15, 0.2) is 0 Å². The molecule has 0 radical (unpaired) electrons. The van der Waals surface area contributed by atoms with Crippen molar-refractivity contribution in [2.45, 2.75) is 0 Å². The molecule has 0 saturated heterocycles.